The number of amides is 2. The van der Waals surface area contributed by atoms with Crippen LogP contribution in [-0.4, -0.2) is 76.0 Å². The number of aromatic nitrogens is 2. The normalized spacial score (nSPS) is 14.1. The minimum absolute atomic E-state index is 0.122. The smallest absolute Gasteiger partial charge is 0.312 e. The van der Waals surface area contributed by atoms with Crippen molar-refractivity contribution in [2.45, 2.75) is 6.54 Å². The quantitative estimate of drug-likeness (QED) is 0.755. The molecule has 2 amide bonds. The Bertz CT molecular complexity index is 748. The zero-order valence-electron chi connectivity index (χ0n) is 15.1. The Balaban J connectivity index is 1.59. The van der Waals surface area contributed by atoms with Crippen LogP contribution in [0.2, 0.25) is 0 Å². The van der Waals surface area contributed by atoms with Crippen LogP contribution in [0.3, 0.4) is 0 Å². The first-order chi connectivity index (χ1) is 13.2. The van der Waals surface area contributed by atoms with Gasteiger partial charge in [0.05, 0.1) is 6.61 Å². The fraction of sp³-hybridized carbons (Fsp3) is 0.368. The van der Waals surface area contributed by atoms with Crippen LogP contribution in [0, 0.1) is 0 Å². The molecule has 0 saturated carbocycles. The van der Waals surface area contributed by atoms with E-state index in [-0.39, 0.29) is 13.2 Å². The van der Waals surface area contributed by atoms with Gasteiger partial charge >= 0.3 is 11.8 Å². The summed E-state index contributed by atoms with van der Waals surface area (Å²) in [5.41, 5.74) is 0.915. The number of carbonyl (C=O) groups is 2. The molecule has 8 heteroatoms. The van der Waals surface area contributed by atoms with Crippen molar-refractivity contribution >= 4 is 17.8 Å². The summed E-state index contributed by atoms with van der Waals surface area (Å²) in [5.74, 6) is -0.493. The first-order valence-corrected chi connectivity index (χ1v) is 8.94. The van der Waals surface area contributed by atoms with E-state index in [0.29, 0.717) is 38.7 Å². The Hall–Kier alpha value is -3.00. The lowest BCUT2D eigenvalue weighted by Gasteiger charge is -2.35. The van der Waals surface area contributed by atoms with Crippen LogP contribution in [0.1, 0.15) is 5.56 Å². The van der Waals surface area contributed by atoms with Gasteiger partial charge in [-0.3, -0.25) is 9.59 Å². The van der Waals surface area contributed by atoms with Crippen LogP contribution < -0.4 is 4.90 Å². The van der Waals surface area contributed by atoms with E-state index < -0.39 is 11.8 Å². The van der Waals surface area contributed by atoms with Gasteiger partial charge < -0.3 is 19.8 Å². The van der Waals surface area contributed by atoms with Crippen molar-refractivity contribution < 1.29 is 14.7 Å². The lowest BCUT2D eigenvalue weighted by atomic mass is 10.2. The molecule has 3 rings (SSSR count). The van der Waals surface area contributed by atoms with Gasteiger partial charge in [-0.2, -0.15) is 0 Å². The molecule has 8 nitrogen and oxygen atoms in total. The Morgan fingerprint density at radius 1 is 1.00 bits per heavy atom. The third-order valence-corrected chi connectivity index (χ3v) is 4.46. The minimum atomic E-state index is -0.586. The lowest BCUT2D eigenvalue weighted by molar-refractivity contribution is -0.152. The summed E-state index contributed by atoms with van der Waals surface area (Å²) in [6.45, 7) is 2.23. The molecule has 1 N–H and O–H groups in total. The predicted molar refractivity (Wildman–Crippen MR) is 99.8 cm³/mol. The molecule has 142 valence electrons. The Morgan fingerprint density at radius 2 is 1.67 bits per heavy atom. The Morgan fingerprint density at radius 3 is 2.30 bits per heavy atom. The van der Waals surface area contributed by atoms with Crippen LogP contribution in [0.4, 0.5) is 5.95 Å². The molecule has 1 aromatic heterocycles. The van der Waals surface area contributed by atoms with E-state index in [1.807, 2.05) is 35.2 Å². The highest BCUT2D eigenvalue weighted by Crippen LogP contribution is 2.11. The number of nitrogens with zero attached hydrogens (tertiary/aromatic N) is 5. The summed E-state index contributed by atoms with van der Waals surface area (Å²) >= 11 is 0. The van der Waals surface area contributed by atoms with Crippen LogP contribution in [0.25, 0.3) is 0 Å². The molecular weight excluding hydrogens is 346 g/mol. The first-order valence-electron chi connectivity index (χ1n) is 8.94. The third kappa shape index (κ3) is 4.79. The van der Waals surface area contributed by atoms with Gasteiger partial charge in [0.15, 0.2) is 0 Å². The highest BCUT2D eigenvalue weighted by Gasteiger charge is 2.30. The second-order valence-electron chi connectivity index (χ2n) is 6.26. The second-order valence-corrected chi connectivity index (χ2v) is 6.26. The van der Waals surface area contributed by atoms with Crippen molar-refractivity contribution in [1.29, 1.82) is 0 Å². The van der Waals surface area contributed by atoms with Crippen molar-refractivity contribution in [3.05, 3.63) is 54.4 Å². The highest BCUT2D eigenvalue weighted by atomic mass is 16.3. The van der Waals surface area contributed by atoms with E-state index in [9.17, 15) is 14.7 Å². The SMILES string of the molecule is O=C(C(=O)N(CCO)Cc1ccccc1)N1CCN(c2ncccn2)CC1. The van der Waals surface area contributed by atoms with Crippen molar-refractivity contribution in [3.8, 4) is 0 Å². The second kappa shape index (κ2) is 9.09. The Labute approximate surface area is 158 Å². The maximum Gasteiger partial charge on any atom is 0.312 e. The zero-order chi connectivity index (χ0) is 19.1. The van der Waals surface area contributed by atoms with Crippen molar-refractivity contribution in [2.75, 3.05) is 44.2 Å². The molecule has 1 aliphatic rings. The number of anilines is 1. The summed E-state index contributed by atoms with van der Waals surface area (Å²) in [6, 6.07) is 11.2. The van der Waals surface area contributed by atoms with E-state index in [2.05, 4.69) is 9.97 Å². The van der Waals surface area contributed by atoms with Crippen molar-refractivity contribution in [1.82, 2.24) is 19.8 Å². The topological polar surface area (TPSA) is 89.9 Å². The van der Waals surface area contributed by atoms with Crippen LogP contribution in [0.15, 0.2) is 48.8 Å². The van der Waals surface area contributed by atoms with Crippen molar-refractivity contribution in [3.63, 3.8) is 0 Å². The van der Waals surface area contributed by atoms with Gasteiger partial charge in [-0.15, -0.1) is 0 Å². The number of hydrogen-bond donors (Lipinski definition) is 1. The minimum Gasteiger partial charge on any atom is -0.395 e. The molecule has 0 atom stereocenters. The molecule has 1 fully saturated rings. The number of rotatable bonds is 5. The lowest BCUT2D eigenvalue weighted by Crippen LogP contribution is -2.53. The molecule has 27 heavy (non-hydrogen) atoms. The molecule has 0 radical (unpaired) electrons. The number of aliphatic hydroxyl groups is 1. The van der Waals surface area contributed by atoms with Crippen LogP contribution >= 0.6 is 0 Å². The number of carbonyl (C=O) groups excluding carboxylic acids is 2. The third-order valence-electron chi connectivity index (χ3n) is 4.46. The molecule has 0 aliphatic carbocycles. The Kier molecular flexibility index (Phi) is 6.32. The van der Waals surface area contributed by atoms with Crippen LogP contribution in [-0.2, 0) is 16.1 Å². The summed E-state index contributed by atoms with van der Waals surface area (Å²) in [5, 5.41) is 9.28. The van der Waals surface area contributed by atoms with Gasteiger partial charge in [0.25, 0.3) is 0 Å². The summed E-state index contributed by atoms with van der Waals surface area (Å²) < 4.78 is 0. The van der Waals surface area contributed by atoms with E-state index >= 15 is 0 Å². The van der Waals surface area contributed by atoms with Gasteiger partial charge in [0.1, 0.15) is 0 Å². The monoisotopic (exact) mass is 369 g/mol. The van der Waals surface area contributed by atoms with Gasteiger partial charge in [-0.05, 0) is 11.6 Å². The molecule has 2 heterocycles. The maximum atomic E-state index is 12.7. The van der Waals surface area contributed by atoms with E-state index in [1.165, 1.54) is 4.90 Å². The number of aliphatic hydroxyl groups excluding tert-OH is 1. The first kappa shape index (κ1) is 18.8. The molecule has 2 aromatic rings. The number of piperazine rings is 1. The van der Waals surface area contributed by atoms with E-state index in [4.69, 9.17) is 0 Å². The predicted octanol–water partition coefficient (Wildman–Crippen LogP) is 0.146. The van der Waals surface area contributed by atoms with E-state index in [0.717, 1.165) is 5.56 Å². The fourth-order valence-electron chi connectivity index (χ4n) is 3.01. The van der Waals surface area contributed by atoms with E-state index in [1.54, 1.807) is 23.4 Å². The molecule has 1 aliphatic heterocycles. The maximum absolute atomic E-state index is 12.7. The summed E-state index contributed by atoms with van der Waals surface area (Å²) in [6.07, 6.45) is 3.36. The molecule has 0 unspecified atom stereocenters. The highest BCUT2D eigenvalue weighted by molar-refractivity contribution is 6.34. The zero-order valence-corrected chi connectivity index (χ0v) is 15.1. The van der Waals surface area contributed by atoms with Crippen LogP contribution in [0.5, 0.6) is 0 Å². The average Bonchev–Trinajstić information content (AvgIpc) is 2.74. The summed E-state index contributed by atoms with van der Waals surface area (Å²) in [4.78, 5) is 38.7. The molecular formula is C19H23N5O3. The molecule has 1 aromatic carbocycles. The fourth-order valence-corrected chi connectivity index (χ4v) is 3.01. The van der Waals surface area contributed by atoms with Crippen molar-refractivity contribution in [2.24, 2.45) is 0 Å². The van der Waals surface area contributed by atoms with Gasteiger partial charge in [-0.25, -0.2) is 9.97 Å². The van der Waals surface area contributed by atoms with Gasteiger partial charge in [-0.1, -0.05) is 30.3 Å². The number of hydrogen-bond acceptors (Lipinski definition) is 6. The molecule has 0 bridgehead atoms. The largest absolute Gasteiger partial charge is 0.395 e. The number of benzene rings is 1. The standard InChI is InChI=1S/C19H23N5O3/c25-14-13-24(15-16-5-2-1-3-6-16)18(27)17(26)22-9-11-23(12-10-22)19-20-7-4-8-21-19/h1-8,25H,9-15H2. The average molecular weight is 369 g/mol. The van der Waals surface area contributed by atoms with Gasteiger partial charge in [0.2, 0.25) is 5.95 Å². The van der Waals surface area contributed by atoms with Gasteiger partial charge in [0, 0.05) is 51.7 Å². The molecule has 0 spiro atoms. The molecule has 1 saturated heterocycles. The summed E-state index contributed by atoms with van der Waals surface area (Å²) in [7, 11) is 0.